The first-order valence-electron chi connectivity index (χ1n) is 11.0. The third kappa shape index (κ3) is 8.57. The summed E-state index contributed by atoms with van der Waals surface area (Å²) in [6.45, 7) is 2.91. The molecule has 0 aromatic heterocycles. The monoisotopic (exact) mass is 447 g/mol. The molecular weight excluding hydrogens is 418 g/mol. The number of rotatable bonds is 12. The molecule has 2 amide bonds. The van der Waals surface area contributed by atoms with Crippen LogP contribution in [0.5, 0.6) is 11.5 Å². The summed E-state index contributed by atoms with van der Waals surface area (Å²) in [7, 11) is 0. The van der Waals surface area contributed by atoms with Crippen molar-refractivity contribution in [1.29, 1.82) is 0 Å². The lowest BCUT2D eigenvalue weighted by atomic mass is 10.2. The molecule has 7 heteroatoms. The summed E-state index contributed by atoms with van der Waals surface area (Å²) in [5.41, 5.74) is 2.14. The molecule has 3 N–H and O–H groups in total. The molecule has 33 heavy (non-hydrogen) atoms. The minimum Gasteiger partial charge on any atom is -0.490 e. The van der Waals surface area contributed by atoms with Gasteiger partial charge in [-0.2, -0.15) is 0 Å². The topological polar surface area (TPSA) is 88.7 Å². The van der Waals surface area contributed by atoms with E-state index in [0.717, 1.165) is 17.9 Å². The zero-order chi connectivity index (χ0) is 23.3. The minimum atomic E-state index is -0.180. The first-order chi connectivity index (χ1) is 16.1. The lowest BCUT2D eigenvalue weighted by Crippen LogP contribution is -2.21. The van der Waals surface area contributed by atoms with Gasteiger partial charge in [-0.3, -0.25) is 9.59 Å². The molecule has 3 aromatic carbocycles. The van der Waals surface area contributed by atoms with E-state index in [1.54, 1.807) is 24.3 Å². The summed E-state index contributed by atoms with van der Waals surface area (Å²) < 4.78 is 11.3. The molecule has 0 spiro atoms. The van der Waals surface area contributed by atoms with Crippen LogP contribution in [-0.4, -0.2) is 31.6 Å². The highest BCUT2D eigenvalue weighted by Gasteiger charge is 2.05. The van der Waals surface area contributed by atoms with Crippen molar-refractivity contribution in [2.45, 2.75) is 19.8 Å². The van der Waals surface area contributed by atoms with Gasteiger partial charge in [0.2, 0.25) is 11.8 Å². The quantitative estimate of drug-likeness (QED) is 0.343. The number of carbonyl (C=O) groups is 2. The van der Waals surface area contributed by atoms with Crippen molar-refractivity contribution in [3.05, 3.63) is 78.9 Å². The van der Waals surface area contributed by atoms with Crippen molar-refractivity contribution in [2.24, 2.45) is 0 Å². The Labute approximate surface area is 194 Å². The minimum absolute atomic E-state index is 0.0200. The summed E-state index contributed by atoms with van der Waals surface area (Å²) in [6.07, 6.45) is 1.28. The fraction of sp³-hybridized carbons (Fsp3) is 0.231. The van der Waals surface area contributed by atoms with Crippen LogP contribution in [-0.2, 0) is 9.59 Å². The second kappa shape index (κ2) is 12.8. The molecule has 0 atom stereocenters. The number of ether oxygens (including phenoxy) is 2. The summed E-state index contributed by atoms with van der Waals surface area (Å²) >= 11 is 0. The maximum atomic E-state index is 12.3. The molecule has 0 saturated carbocycles. The summed E-state index contributed by atoms with van der Waals surface area (Å²) in [5, 5.41) is 8.74. The highest BCUT2D eigenvalue weighted by Crippen LogP contribution is 2.18. The van der Waals surface area contributed by atoms with Gasteiger partial charge in [-0.25, -0.2) is 0 Å². The van der Waals surface area contributed by atoms with Crippen LogP contribution in [0, 0.1) is 0 Å². The fourth-order valence-electron chi connectivity index (χ4n) is 3.01. The second-order valence-electron chi connectivity index (χ2n) is 7.32. The molecule has 0 radical (unpaired) electrons. The summed E-state index contributed by atoms with van der Waals surface area (Å²) in [5.74, 6) is 1.30. The fourth-order valence-corrected chi connectivity index (χ4v) is 3.01. The van der Waals surface area contributed by atoms with Gasteiger partial charge in [0, 0.05) is 29.5 Å². The highest BCUT2D eigenvalue weighted by atomic mass is 16.5. The Balaban J connectivity index is 1.39. The molecule has 0 heterocycles. The van der Waals surface area contributed by atoms with Gasteiger partial charge in [0.1, 0.15) is 24.7 Å². The Bertz CT molecular complexity index is 1020. The number of benzene rings is 3. The van der Waals surface area contributed by atoms with Crippen molar-refractivity contribution in [1.82, 2.24) is 0 Å². The van der Waals surface area contributed by atoms with Crippen molar-refractivity contribution >= 4 is 28.9 Å². The van der Waals surface area contributed by atoms with Crippen LogP contribution in [0.4, 0.5) is 17.1 Å². The number of anilines is 3. The van der Waals surface area contributed by atoms with Gasteiger partial charge in [-0.15, -0.1) is 0 Å². The van der Waals surface area contributed by atoms with Gasteiger partial charge in [0.25, 0.3) is 0 Å². The normalized spacial score (nSPS) is 10.2. The van der Waals surface area contributed by atoms with Gasteiger partial charge in [0.15, 0.2) is 0 Å². The zero-order valence-corrected chi connectivity index (χ0v) is 18.7. The van der Waals surface area contributed by atoms with Gasteiger partial charge < -0.3 is 25.4 Å². The summed E-state index contributed by atoms with van der Waals surface area (Å²) in [4.78, 5) is 23.9. The molecule has 0 saturated heterocycles. The van der Waals surface area contributed by atoms with Gasteiger partial charge in [-0.05, 0) is 55.0 Å². The molecular formula is C26H29N3O4. The average molecular weight is 448 g/mol. The SMILES string of the molecule is CCCC(=O)Nc1ccc(NC(=O)CNc2cccc(OCCOc3ccccc3)c2)cc1. The Hall–Kier alpha value is -4.00. The first-order valence-corrected chi connectivity index (χ1v) is 11.0. The molecule has 0 aliphatic heterocycles. The number of carbonyl (C=O) groups excluding carboxylic acids is 2. The molecule has 0 unspecified atom stereocenters. The Morgan fingerprint density at radius 1 is 0.697 bits per heavy atom. The van der Waals surface area contributed by atoms with E-state index in [1.165, 1.54) is 0 Å². The molecule has 7 nitrogen and oxygen atoms in total. The standard InChI is InChI=1S/C26H29N3O4/c1-2-7-25(30)28-20-12-14-21(15-13-20)29-26(31)19-27-22-8-6-11-24(18-22)33-17-16-32-23-9-4-3-5-10-23/h3-6,8-15,18,27H,2,7,16-17,19H2,1H3,(H,28,30)(H,29,31). The highest BCUT2D eigenvalue weighted by molar-refractivity contribution is 5.94. The van der Waals surface area contributed by atoms with E-state index in [4.69, 9.17) is 9.47 Å². The maximum absolute atomic E-state index is 12.3. The molecule has 0 bridgehead atoms. The smallest absolute Gasteiger partial charge is 0.243 e. The summed E-state index contributed by atoms with van der Waals surface area (Å²) in [6, 6.07) is 24.0. The maximum Gasteiger partial charge on any atom is 0.243 e. The zero-order valence-electron chi connectivity index (χ0n) is 18.7. The van der Waals surface area contributed by atoms with E-state index in [1.807, 2.05) is 61.5 Å². The van der Waals surface area contributed by atoms with E-state index < -0.39 is 0 Å². The molecule has 0 fully saturated rings. The van der Waals surface area contributed by atoms with Crippen LogP contribution in [0.15, 0.2) is 78.9 Å². The van der Waals surface area contributed by atoms with Crippen LogP contribution in [0.25, 0.3) is 0 Å². The van der Waals surface area contributed by atoms with E-state index in [-0.39, 0.29) is 18.4 Å². The van der Waals surface area contributed by atoms with Crippen LogP contribution < -0.4 is 25.4 Å². The Kier molecular flexibility index (Phi) is 9.15. The van der Waals surface area contributed by atoms with E-state index in [9.17, 15) is 9.59 Å². The van der Waals surface area contributed by atoms with Crippen molar-refractivity contribution < 1.29 is 19.1 Å². The van der Waals surface area contributed by atoms with Crippen LogP contribution in [0.3, 0.4) is 0 Å². The molecule has 3 aromatic rings. The van der Waals surface area contributed by atoms with E-state index in [0.29, 0.717) is 36.8 Å². The largest absolute Gasteiger partial charge is 0.490 e. The Morgan fingerprint density at radius 3 is 1.97 bits per heavy atom. The number of hydrogen-bond donors (Lipinski definition) is 3. The number of hydrogen-bond acceptors (Lipinski definition) is 5. The lowest BCUT2D eigenvalue weighted by molar-refractivity contribution is -0.116. The van der Waals surface area contributed by atoms with E-state index >= 15 is 0 Å². The first kappa shape index (κ1) is 23.7. The number of para-hydroxylation sites is 1. The predicted molar refractivity (Wildman–Crippen MR) is 131 cm³/mol. The Morgan fingerprint density at radius 2 is 1.30 bits per heavy atom. The third-order valence-electron chi connectivity index (χ3n) is 4.58. The van der Waals surface area contributed by atoms with Crippen LogP contribution >= 0.6 is 0 Å². The van der Waals surface area contributed by atoms with Gasteiger partial charge in [0.05, 0.1) is 6.54 Å². The van der Waals surface area contributed by atoms with Crippen LogP contribution in [0.1, 0.15) is 19.8 Å². The van der Waals surface area contributed by atoms with E-state index in [2.05, 4.69) is 16.0 Å². The lowest BCUT2D eigenvalue weighted by Gasteiger charge is -2.11. The van der Waals surface area contributed by atoms with Crippen molar-refractivity contribution in [2.75, 3.05) is 35.7 Å². The molecule has 0 aliphatic rings. The molecule has 3 rings (SSSR count). The average Bonchev–Trinajstić information content (AvgIpc) is 2.83. The predicted octanol–water partition coefficient (Wildman–Crippen LogP) is 4.93. The third-order valence-corrected chi connectivity index (χ3v) is 4.58. The van der Waals surface area contributed by atoms with Gasteiger partial charge >= 0.3 is 0 Å². The molecule has 0 aliphatic carbocycles. The number of amides is 2. The van der Waals surface area contributed by atoms with Crippen molar-refractivity contribution in [3.8, 4) is 11.5 Å². The van der Waals surface area contributed by atoms with Gasteiger partial charge in [-0.1, -0.05) is 31.2 Å². The second-order valence-corrected chi connectivity index (χ2v) is 7.32. The number of nitrogens with one attached hydrogen (secondary N) is 3. The molecule has 172 valence electrons. The van der Waals surface area contributed by atoms with Crippen molar-refractivity contribution in [3.63, 3.8) is 0 Å². The van der Waals surface area contributed by atoms with Crippen LogP contribution in [0.2, 0.25) is 0 Å².